The third-order valence-corrected chi connectivity index (χ3v) is 3.04. The Kier molecular flexibility index (Phi) is 5.53. The van der Waals surface area contributed by atoms with E-state index in [2.05, 4.69) is 11.4 Å². The van der Waals surface area contributed by atoms with Gasteiger partial charge in [0.15, 0.2) is 23.3 Å². The van der Waals surface area contributed by atoms with E-state index in [-0.39, 0.29) is 6.54 Å². The minimum Gasteiger partial charge on any atom is -0.380 e. The second kappa shape index (κ2) is 6.74. The first kappa shape index (κ1) is 17.2. The van der Waals surface area contributed by atoms with Crippen LogP contribution in [0, 0.1) is 45.8 Å². The Morgan fingerprint density at radius 2 is 1.38 bits per heavy atom. The van der Waals surface area contributed by atoms with E-state index in [9.17, 15) is 22.0 Å². The molecule has 1 rings (SSSR count). The molecular formula is C14H15F5N2. The van der Waals surface area contributed by atoms with Gasteiger partial charge < -0.3 is 5.32 Å². The van der Waals surface area contributed by atoms with Gasteiger partial charge in [-0.25, -0.2) is 22.0 Å². The van der Waals surface area contributed by atoms with E-state index < -0.39 is 40.2 Å². The van der Waals surface area contributed by atoms with E-state index in [1.54, 1.807) is 13.8 Å². The van der Waals surface area contributed by atoms with Crippen molar-refractivity contribution in [2.45, 2.75) is 33.1 Å². The van der Waals surface area contributed by atoms with Crippen LogP contribution < -0.4 is 5.32 Å². The molecule has 0 aliphatic carbocycles. The molecule has 1 aromatic rings. The fraction of sp³-hybridized carbons (Fsp3) is 0.500. The van der Waals surface area contributed by atoms with Gasteiger partial charge >= 0.3 is 0 Å². The second-order valence-corrected chi connectivity index (χ2v) is 5.32. The molecule has 0 bridgehead atoms. The number of nitriles is 1. The molecular weight excluding hydrogens is 291 g/mol. The Labute approximate surface area is 119 Å². The molecule has 0 atom stereocenters. The van der Waals surface area contributed by atoms with Gasteiger partial charge in [-0.15, -0.1) is 0 Å². The molecule has 2 nitrogen and oxygen atoms in total. The van der Waals surface area contributed by atoms with Crippen molar-refractivity contribution in [2.24, 2.45) is 5.41 Å². The summed E-state index contributed by atoms with van der Waals surface area (Å²) in [6, 6.07) is 2.11. The van der Waals surface area contributed by atoms with E-state index in [0.29, 0.717) is 19.3 Å². The molecule has 7 heteroatoms. The topological polar surface area (TPSA) is 35.8 Å². The summed E-state index contributed by atoms with van der Waals surface area (Å²) in [5.41, 5.74) is -1.53. The highest BCUT2D eigenvalue weighted by Crippen LogP contribution is 2.27. The van der Waals surface area contributed by atoms with Gasteiger partial charge in [-0.3, -0.25) is 0 Å². The molecule has 0 saturated carbocycles. The first-order chi connectivity index (χ1) is 9.71. The maximum Gasteiger partial charge on any atom is 0.200 e. The third-order valence-electron chi connectivity index (χ3n) is 3.04. The van der Waals surface area contributed by atoms with Gasteiger partial charge in [0.05, 0.1) is 11.5 Å². The Bertz CT molecular complexity index is 534. The lowest BCUT2D eigenvalue weighted by atomic mass is 9.89. The summed E-state index contributed by atoms with van der Waals surface area (Å²) in [6.07, 6.45) is 1.59. The highest BCUT2D eigenvalue weighted by molar-refractivity contribution is 5.47. The maximum atomic E-state index is 13.3. The zero-order chi connectivity index (χ0) is 16.2. The van der Waals surface area contributed by atoms with Crippen molar-refractivity contribution in [2.75, 3.05) is 11.9 Å². The molecule has 0 heterocycles. The normalized spacial score (nSPS) is 11.3. The van der Waals surface area contributed by atoms with E-state index in [0.717, 1.165) is 0 Å². The fourth-order valence-corrected chi connectivity index (χ4v) is 1.72. The highest BCUT2D eigenvalue weighted by atomic mass is 19.2. The maximum absolute atomic E-state index is 13.3. The van der Waals surface area contributed by atoms with Gasteiger partial charge in [0.25, 0.3) is 0 Å². The molecule has 0 radical (unpaired) electrons. The SMILES string of the molecule is CC(C)(C#N)CCCCNc1c(F)c(F)c(F)c(F)c1F. The molecule has 0 unspecified atom stereocenters. The minimum absolute atomic E-state index is 0.0415. The Balaban J connectivity index is 2.64. The minimum atomic E-state index is -2.17. The van der Waals surface area contributed by atoms with E-state index in [1.165, 1.54) is 0 Å². The van der Waals surface area contributed by atoms with Crippen LogP contribution in [-0.4, -0.2) is 6.54 Å². The summed E-state index contributed by atoms with van der Waals surface area (Å²) >= 11 is 0. The molecule has 116 valence electrons. The molecule has 0 aromatic heterocycles. The second-order valence-electron chi connectivity index (χ2n) is 5.32. The van der Waals surface area contributed by atoms with Crippen LogP contribution in [0.5, 0.6) is 0 Å². The standard InChI is InChI=1S/C14H15F5N2/c1-14(2,7-20)5-3-4-6-21-13-11(18)9(16)8(15)10(17)12(13)19/h21H,3-6H2,1-2H3. The predicted octanol–water partition coefficient (Wildman–Crippen LogP) is 4.51. The van der Waals surface area contributed by atoms with Gasteiger partial charge in [0.2, 0.25) is 5.82 Å². The van der Waals surface area contributed by atoms with Gasteiger partial charge in [0.1, 0.15) is 5.69 Å². The number of unbranched alkanes of at least 4 members (excludes halogenated alkanes) is 1. The van der Waals surface area contributed by atoms with Gasteiger partial charge in [-0.2, -0.15) is 5.26 Å². The van der Waals surface area contributed by atoms with Gasteiger partial charge in [-0.1, -0.05) is 6.42 Å². The fourth-order valence-electron chi connectivity index (χ4n) is 1.72. The number of hydrogen-bond acceptors (Lipinski definition) is 2. The molecule has 0 aliphatic heterocycles. The Morgan fingerprint density at radius 3 is 1.86 bits per heavy atom. The van der Waals surface area contributed by atoms with Crippen molar-refractivity contribution in [3.05, 3.63) is 29.1 Å². The highest BCUT2D eigenvalue weighted by Gasteiger charge is 2.25. The van der Waals surface area contributed by atoms with Crippen molar-refractivity contribution < 1.29 is 22.0 Å². The Morgan fingerprint density at radius 1 is 0.905 bits per heavy atom. The number of benzene rings is 1. The zero-order valence-electron chi connectivity index (χ0n) is 11.7. The number of anilines is 1. The van der Waals surface area contributed by atoms with Crippen LogP contribution in [0.2, 0.25) is 0 Å². The van der Waals surface area contributed by atoms with Crippen molar-refractivity contribution in [1.29, 1.82) is 5.26 Å². The first-order valence-electron chi connectivity index (χ1n) is 6.38. The zero-order valence-corrected chi connectivity index (χ0v) is 11.7. The molecule has 1 aromatic carbocycles. The lowest BCUT2D eigenvalue weighted by Gasteiger charge is -2.15. The molecule has 0 amide bonds. The van der Waals surface area contributed by atoms with E-state index in [1.807, 2.05) is 0 Å². The van der Waals surface area contributed by atoms with Crippen LogP contribution in [0.15, 0.2) is 0 Å². The van der Waals surface area contributed by atoms with Crippen molar-refractivity contribution in [3.8, 4) is 6.07 Å². The number of hydrogen-bond donors (Lipinski definition) is 1. The Hall–Kier alpha value is -1.84. The van der Waals surface area contributed by atoms with Crippen LogP contribution in [0.25, 0.3) is 0 Å². The molecule has 0 saturated heterocycles. The average Bonchev–Trinajstić information content (AvgIpc) is 2.46. The third kappa shape index (κ3) is 4.06. The van der Waals surface area contributed by atoms with Crippen molar-refractivity contribution in [1.82, 2.24) is 0 Å². The molecule has 0 fully saturated rings. The quantitative estimate of drug-likeness (QED) is 0.363. The summed E-state index contributed by atoms with van der Waals surface area (Å²) in [6.45, 7) is 3.55. The predicted molar refractivity (Wildman–Crippen MR) is 68.0 cm³/mol. The van der Waals surface area contributed by atoms with Crippen LogP contribution in [0.1, 0.15) is 33.1 Å². The van der Waals surface area contributed by atoms with Crippen molar-refractivity contribution >= 4 is 5.69 Å². The lowest BCUT2D eigenvalue weighted by molar-refractivity contribution is 0.381. The molecule has 0 spiro atoms. The summed E-state index contributed by atoms with van der Waals surface area (Å²) in [4.78, 5) is 0. The van der Waals surface area contributed by atoms with Crippen molar-refractivity contribution in [3.63, 3.8) is 0 Å². The van der Waals surface area contributed by atoms with E-state index in [4.69, 9.17) is 5.26 Å². The summed E-state index contributed by atoms with van der Waals surface area (Å²) in [5, 5.41) is 11.0. The van der Waals surface area contributed by atoms with Gasteiger partial charge in [-0.05, 0) is 26.7 Å². The summed E-state index contributed by atoms with van der Waals surface area (Å²) in [7, 11) is 0. The summed E-state index contributed by atoms with van der Waals surface area (Å²) in [5.74, 6) is -9.86. The van der Waals surface area contributed by atoms with Crippen LogP contribution in [0.4, 0.5) is 27.6 Å². The number of nitrogens with one attached hydrogen (secondary N) is 1. The van der Waals surface area contributed by atoms with Crippen LogP contribution >= 0.6 is 0 Å². The first-order valence-corrected chi connectivity index (χ1v) is 6.38. The largest absolute Gasteiger partial charge is 0.380 e. The molecule has 1 N–H and O–H groups in total. The lowest BCUT2D eigenvalue weighted by Crippen LogP contribution is -2.12. The van der Waals surface area contributed by atoms with Gasteiger partial charge in [0, 0.05) is 6.54 Å². The number of nitrogens with zero attached hydrogens (tertiary/aromatic N) is 1. The number of halogens is 5. The monoisotopic (exact) mass is 306 g/mol. The smallest absolute Gasteiger partial charge is 0.200 e. The average molecular weight is 306 g/mol. The van der Waals surface area contributed by atoms with Crippen LogP contribution in [-0.2, 0) is 0 Å². The number of rotatable bonds is 6. The van der Waals surface area contributed by atoms with E-state index >= 15 is 0 Å². The summed E-state index contributed by atoms with van der Waals surface area (Å²) < 4.78 is 65.4. The van der Waals surface area contributed by atoms with Crippen LogP contribution in [0.3, 0.4) is 0 Å². The molecule has 21 heavy (non-hydrogen) atoms. The molecule has 0 aliphatic rings.